The highest BCUT2D eigenvalue weighted by Crippen LogP contribution is 2.28. The number of rotatable bonds is 7. The second kappa shape index (κ2) is 8.91. The van der Waals surface area contributed by atoms with E-state index < -0.39 is 0 Å². The molecule has 8 heteroatoms. The Labute approximate surface area is 182 Å². The van der Waals surface area contributed by atoms with Crippen LogP contribution in [-0.4, -0.2) is 56.6 Å². The summed E-state index contributed by atoms with van der Waals surface area (Å²) in [6.45, 7) is 8.73. The fourth-order valence-electron chi connectivity index (χ4n) is 4.22. The number of imidazole rings is 1. The molecule has 0 radical (unpaired) electrons. The number of likely N-dealkylation sites (N-methyl/N-ethyl adjacent to an activating group) is 1. The van der Waals surface area contributed by atoms with Gasteiger partial charge in [-0.25, -0.2) is 15.0 Å². The van der Waals surface area contributed by atoms with Crippen LogP contribution in [-0.2, 0) is 17.9 Å². The van der Waals surface area contributed by atoms with E-state index in [1.807, 2.05) is 50.2 Å². The van der Waals surface area contributed by atoms with Crippen LogP contribution < -0.4 is 9.64 Å². The Morgan fingerprint density at radius 3 is 2.90 bits per heavy atom. The lowest BCUT2D eigenvalue weighted by molar-refractivity contribution is -0.131. The smallest absolute Gasteiger partial charge is 0.245 e. The first-order valence-electron chi connectivity index (χ1n) is 10.9. The van der Waals surface area contributed by atoms with Gasteiger partial charge in [-0.05, 0) is 51.8 Å². The van der Waals surface area contributed by atoms with Crippen molar-refractivity contribution in [1.29, 1.82) is 0 Å². The molecule has 1 saturated heterocycles. The van der Waals surface area contributed by atoms with Crippen molar-refractivity contribution >= 4 is 22.8 Å². The molecule has 4 rings (SSSR count). The van der Waals surface area contributed by atoms with Gasteiger partial charge in [0.2, 0.25) is 11.9 Å². The summed E-state index contributed by atoms with van der Waals surface area (Å²) >= 11 is 0. The Kier molecular flexibility index (Phi) is 6.06. The van der Waals surface area contributed by atoms with Crippen LogP contribution in [0.3, 0.4) is 0 Å². The number of amides is 1. The van der Waals surface area contributed by atoms with Crippen molar-refractivity contribution in [2.24, 2.45) is 0 Å². The third kappa shape index (κ3) is 4.19. The summed E-state index contributed by atoms with van der Waals surface area (Å²) in [6, 6.07) is 5.61. The molecule has 31 heavy (non-hydrogen) atoms. The first kappa shape index (κ1) is 21.1. The topological polar surface area (TPSA) is 76.4 Å². The minimum absolute atomic E-state index is 0.0798. The number of fused-ring (bicyclic) bond motifs is 1. The van der Waals surface area contributed by atoms with E-state index in [4.69, 9.17) is 14.7 Å². The van der Waals surface area contributed by atoms with Gasteiger partial charge in [0.05, 0.1) is 24.4 Å². The number of benzene rings is 1. The monoisotopic (exact) mass is 422 g/mol. The number of hydrogen-bond acceptors (Lipinski definition) is 6. The van der Waals surface area contributed by atoms with Crippen molar-refractivity contribution in [2.75, 3.05) is 25.1 Å². The molecule has 164 valence electrons. The lowest BCUT2D eigenvalue weighted by Crippen LogP contribution is -2.44. The van der Waals surface area contributed by atoms with Crippen molar-refractivity contribution < 1.29 is 9.53 Å². The van der Waals surface area contributed by atoms with Crippen LogP contribution in [0, 0.1) is 6.92 Å². The molecule has 0 unspecified atom stereocenters. The molecule has 0 aliphatic carbocycles. The normalized spacial score (nSPS) is 16.1. The number of ether oxygens (including phenoxy) is 1. The SMILES string of the molecule is CCOc1ccc2nc(N3CCC[C@H]3C(=O)N(C)Cc3nccn3CC)nc(C)c2c1. The van der Waals surface area contributed by atoms with Gasteiger partial charge in [-0.15, -0.1) is 0 Å². The Bertz CT molecular complexity index is 1080. The second-order valence-corrected chi connectivity index (χ2v) is 7.90. The average Bonchev–Trinajstić information content (AvgIpc) is 3.43. The Hall–Kier alpha value is -3.16. The minimum atomic E-state index is -0.255. The highest BCUT2D eigenvalue weighted by atomic mass is 16.5. The molecule has 1 amide bonds. The third-order valence-corrected chi connectivity index (χ3v) is 5.85. The molecule has 2 aromatic heterocycles. The molecule has 8 nitrogen and oxygen atoms in total. The predicted octanol–water partition coefficient (Wildman–Crippen LogP) is 3.18. The molecule has 0 saturated carbocycles. The predicted molar refractivity (Wildman–Crippen MR) is 120 cm³/mol. The van der Waals surface area contributed by atoms with Crippen molar-refractivity contribution in [3.05, 3.63) is 42.1 Å². The van der Waals surface area contributed by atoms with Crippen LogP contribution in [0.15, 0.2) is 30.6 Å². The van der Waals surface area contributed by atoms with Gasteiger partial charge in [0.15, 0.2) is 0 Å². The number of carbonyl (C=O) groups is 1. The maximum Gasteiger partial charge on any atom is 0.245 e. The van der Waals surface area contributed by atoms with E-state index in [2.05, 4.69) is 16.5 Å². The summed E-state index contributed by atoms with van der Waals surface area (Å²) in [5.41, 5.74) is 1.75. The van der Waals surface area contributed by atoms with Crippen LogP contribution in [0.4, 0.5) is 5.95 Å². The highest BCUT2D eigenvalue weighted by Gasteiger charge is 2.34. The lowest BCUT2D eigenvalue weighted by atomic mass is 10.2. The van der Waals surface area contributed by atoms with E-state index in [0.717, 1.165) is 54.1 Å². The van der Waals surface area contributed by atoms with E-state index in [0.29, 0.717) is 19.1 Å². The molecule has 1 aliphatic rings. The maximum atomic E-state index is 13.3. The van der Waals surface area contributed by atoms with Gasteiger partial charge >= 0.3 is 0 Å². The average molecular weight is 423 g/mol. The largest absolute Gasteiger partial charge is 0.494 e. The van der Waals surface area contributed by atoms with Crippen molar-refractivity contribution in [3.8, 4) is 5.75 Å². The first-order chi connectivity index (χ1) is 15.0. The Morgan fingerprint density at radius 1 is 1.29 bits per heavy atom. The molecule has 0 N–H and O–H groups in total. The molecule has 1 atom stereocenters. The van der Waals surface area contributed by atoms with E-state index in [9.17, 15) is 4.79 Å². The molecule has 1 fully saturated rings. The first-order valence-corrected chi connectivity index (χ1v) is 10.9. The molecule has 3 aromatic rings. The number of hydrogen-bond donors (Lipinski definition) is 0. The number of anilines is 1. The molecular formula is C23H30N6O2. The third-order valence-electron chi connectivity index (χ3n) is 5.85. The standard InChI is InChI=1S/C23H30N6O2/c1-5-28-13-11-24-21(28)15-27(4)22(30)20-8-7-12-29(20)23-25-16(3)18-14-17(31-6-2)9-10-19(18)26-23/h9-11,13-14,20H,5-8,12,15H2,1-4H3/t20-/m0/s1. The fourth-order valence-corrected chi connectivity index (χ4v) is 4.22. The number of aromatic nitrogens is 4. The molecular weight excluding hydrogens is 392 g/mol. The van der Waals surface area contributed by atoms with Gasteiger partial charge in [-0.1, -0.05) is 0 Å². The molecule has 3 heterocycles. The summed E-state index contributed by atoms with van der Waals surface area (Å²) < 4.78 is 7.67. The summed E-state index contributed by atoms with van der Waals surface area (Å²) in [7, 11) is 1.84. The van der Waals surface area contributed by atoms with Crippen molar-refractivity contribution in [2.45, 2.75) is 52.7 Å². The van der Waals surface area contributed by atoms with Crippen LogP contribution in [0.1, 0.15) is 38.2 Å². The maximum absolute atomic E-state index is 13.3. The van der Waals surface area contributed by atoms with Gasteiger partial charge in [-0.3, -0.25) is 4.79 Å². The molecule has 1 aliphatic heterocycles. The van der Waals surface area contributed by atoms with Crippen LogP contribution >= 0.6 is 0 Å². The summed E-state index contributed by atoms with van der Waals surface area (Å²) in [5.74, 6) is 2.41. The van der Waals surface area contributed by atoms with Gasteiger partial charge in [-0.2, -0.15) is 0 Å². The highest BCUT2D eigenvalue weighted by molar-refractivity contribution is 5.87. The summed E-state index contributed by atoms with van der Waals surface area (Å²) in [6.07, 6.45) is 5.46. The van der Waals surface area contributed by atoms with Crippen LogP contribution in [0.5, 0.6) is 5.75 Å². The zero-order chi connectivity index (χ0) is 22.0. The van der Waals surface area contributed by atoms with E-state index in [1.165, 1.54) is 0 Å². The number of nitrogens with zero attached hydrogens (tertiary/aromatic N) is 6. The Morgan fingerprint density at radius 2 is 2.13 bits per heavy atom. The molecule has 0 bridgehead atoms. The van der Waals surface area contributed by atoms with Gasteiger partial charge in [0.25, 0.3) is 0 Å². The summed E-state index contributed by atoms with van der Waals surface area (Å²) in [4.78, 5) is 31.0. The zero-order valence-electron chi connectivity index (χ0n) is 18.7. The van der Waals surface area contributed by atoms with Gasteiger partial charge < -0.3 is 19.1 Å². The van der Waals surface area contributed by atoms with Crippen molar-refractivity contribution in [1.82, 2.24) is 24.4 Å². The van der Waals surface area contributed by atoms with E-state index in [1.54, 1.807) is 11.1 Å². The fraction of sp³-hybridized carbons (Fsp3) is 0.478. The Balaban J connectivity index is 1.56. The van der Waals surface area contributed by atoms with E-state index in [-0.39, 0.29) is 11.9 Å². The molecule has 1 aromatic carbocycles. The minimum Gasteiger partial charge on any atom is -0.494 e. The summed E-state index contributed by atoms with van der Waals surface area (Å²) in [5, 5.41) is 0.972. The molecule has 0 spiro atoms. The number of aryl methyl sites for hydroxylation is 2. The van der Waals surface area contributed by atoms with Crippen molar-refractivity contribution in [3.63, 3.8) is 0 Å². The van der Waals surface area contributed by atoms with Gasteiger partial charge in [0.1, 0.15) is 17.6 Å². The zero-order valence-corrected chi connectivity index (χ0v) is 18.7. The van der Waals surface area contributed by atoms with Gasteiger partial charge in [0, 0.05) is 37.9 Å². The van der Waals surface area contributed by atoms with E-state index >= 15 is 0 Å². The number of carbonyl (C=O) groups excluding carboxylic acids is 1. The van der Waals surface area contributed by atoms with Crippen LogP contribution in [0.25, 0.3) is 10.9 Å². The second-order valence-electron chi connectivity index (χ2n) is 7.90. The quantitative estimate of drug-likeness (QED) is 0.582. The van der Waals surface area contributed by atoms with Crippen LogP contribution in [0.2, 0.25) is 0 Å². The lowest BCUT2D eigenvalue weighted by Gasteiger charge is -2.28.